The van der Waals surface area contributed by atoms with E-state index in [1.807, 2.05) is 24.3 Å². The van der Waals surface area contributed by atoms with Crippen LogP contribution in [0.15, 0.2) is 29.2 Å². The monoisotopic (exact) mass is 393 g/mol. The highest BCUT2D eigenvalue weighted by molar-refractivity contribution is 8.26. The second-order valence-electron chi connectivity index (χ2n) is 6.16. The molecule has 26 heavy (non-hydrogen) atoms. The zero-order chi connectivity index (χ0) is 19.4. The Hall–Kier alpha value is -2.19. The maximum absolute atomic E-state index is 12.6. The summed E-state index contributed by atoms with van der Waals surface area (Å²) in [6.07, 6.45) is 1.11. The van der Waals surface area contributed by atoms with Gasteiger partial charge in [-0.3, -0.25) is 14.5 Å². The van der Waals surface area contributed by atoms with Crippen LogP contribution in [0.3, 0.4) is 0 Å². The van der Waals surface area contributed by atoms with Gasteiger partial charge < -0.3 is 10.2 Å². The van der Waals surface area contributed by atoms with Gasteiger partial charge in [-0.05, 0) is 29.5 Å². The Morgan fingerprint density at radius 1 is 1.23 bits per heavy atom. The molecule has 8 heteroatoms. The number of rotatable bonds is 7. The highest BCUT2D eigenvalue weighted by Gasteiger charge is 2.40. The molecule has 0 unspecified atom stereocenters. The number of amides is 1. The Morgan fingerprint density at radius 3 is 2.35 bits per heavy atom. The highest BCUT2D eigenvalue weighted by Crippen LogP contribution is 2.35. The van der Waals surface area contributed by atoms with Gasteiger partial charge in [0.25, 0.3) is 5.91 Å². The molecule has 138 valence electrons. The molecule has 2 N–H and O–H groups in total. The van der Waals surface area contributed by atoms with E-state index in [4.69, 9.17) is 17.3 Å². The fourth-order valence-corrected chi connectivity index (χ4v) is 3.86. The molecule has 1 aromatic rings. The number of thioether (sulfide) groups is 1. The van der Waals surface area contributed by atoms with Crippen molar-refractivity contribution in [3.63, 3.8) is 0 Å². The molecule has 6 nitrogen and oxygen atoms in total. The summed E-state index contributed by atoms with van der Waals surface area (Å²) >= 11 is 6.18. The molecule has 1 atom stereocenters. The number of thiocarbonyl (C=S) groups is 1. The van der Waals surface area contributed by atoms with E-state index in [1.165, 1.54) is 5.56 Å². The maximum atomic E-state index is 12.6. The number of hydrogen-bond donors (Lipinski definition) is 2. The van der Waals surface area contributed by atoms with Crippen LogP contribution in [0.2, 0.25) is 0 Å². The van der Waals surface area contributed by atoms with Crippen LogP contribution in [-0.2, 0) is 14.4 Å². The Kier molecular flexibility index (Phi) is 6.55. The lowest BCUT2D eigenvalue weighted by molar-refractivity contribution is -0.146. The smallest absolute Gasteiger partial charge is 0.326 e. The second kappa shape index (κ2) is 8.46. The average Bonchev–Trinajstić information content (AvgIpc) is 2.82. The fraction of sp³-hybridized carbons (Fsp3) is 0.333. The third-order valence-corrected chi connectivity index (χ3v) is 5.28. The summed E-state index contributed by atoms with van der Waals surface area (Å²) in [6.45, 7) is 4.17. The first kappa shape index (κ1) is 20.1. The van der Waals surface area contributed by atoms with Crippen LogP contribution in [-0.4, -0.2) is 43.3 Å². The number of carbonyl (C=O) groups excluding carboxylic acids is 1. The van der Waals surface area contributed by atoms with E-state index in [9.17, 15) is 19.5 Å². The van der Waals surface area contributed by atoms with Crippen molar-refractivity contribution in [1.82, 2.24) is 4.90 Å². The standard InChI is InChI=1S/C18H19NO5S2/c1-10(2)12-5-3-11(4-6-12)9-14-16(22)19(18(25)26-14)13(17(23)24)7-8-15(20)21/h3-6,9-10,13H,7-8H2,1-2H3,(H,20,21)(H,23,24)/b14-9+/t13-/m0/s1. The minimum atomic E-state index is -1.28. The van der Waals surface area contributed by atoms with E-state index in [0.29, 0.717) is 10.8 Å². The van der Waals surface area contributed by atoms with Crippen LogP contribution in [0.1, 0.15) is 43.7 Å². The molecule has 1 amide bonds. The molecule has 1 heterocycles. The van der Waals surface area contributed by atoms with Crippen LogP contribution in [0, 0.1) is 0 Å². The minimum Gasteiger partial charge on any atom is -0.481 e. The van der Waals surface area contributed by atoms with Gasteiger partial charge in [0.2, 0.25) is 0 Å². The van der Waals surface area contributed by atoms with Crippen molar-refractivity contribution in [2.45, 2.75) is 38.6 Å². The van der Waals surface area contributed by atoms with Crippen molar-refractivity contribution in [2.75, 3.05) is 0 Å². The van der Waals surface area contributed by atoms with Crippen LogP contribution < -0.4 is 0 Å². The van der Waals surface area contributed by atoms with E-state index < -0.39 is 23.9 Å². The summed E-state index contributed by atoms with van der Waals surface area (Å²) < 4.78 is 0.123. The normalized spacial score (nSPS) is 17.2. The molecule has 0 aromatic heterocycles. The first-order valence-corrected chi connectivity index (χ1v) is 9.24. The summed E-state index contributed by atoms with van der Waals surface area (Å²) in [5.74, 6) is -2.51. The van der Waals surface area contributed by atoms with Crippen molar-refractivity contribution in [2.24, 2.45) is 0 Å². The van der Waals surface area contributed by atoms with E-state index >= 15 is 0 Å². The van der Waals surface area contributed by atoms with Gasteiger partial charge in [0.15, 0.2) is 0 Å². The topological polar surface area (TPSA) is 94.9 Å². The number of carboxylic acid groups (broad SMARTS) is 2. The molecular formula is C18H19NO5S2. The van der Waals surface area contributed by atoms with Gasteiger partial charge in [-0.2, -0.15) is 0 Å². The van der Waals surface area contributed by atoms with Crippen LogP contribution in [0.4, 0.5) is 0 Å². The van der Waals surface area contributed by atoms with Gasteiger partial charge in [0.1, 0.15) is 10.4 Å². The quantitative estimate of drug-likeness (QED) is 0.542. The van der Waals surface area contributed by atoms with Gasteiger partial charge in [-0.25, -0.2) is 4.79 Å². The lowest BCUT2D eigenvalue weighted by atomic mass is 10.0. The third kappa shape index (κ3) is 4.70. The number of aliphatic carboxylic acids is 2. The highest BCUT2D eigenvalue weighted by atomic mass is 32.2. The summed E-state index contributed by atoms with van der Waals surface area (Å²) in [5.41, 5.74) is 1.99. The molecule has 1 aliphatic heterocycles. The fourth-order valence-electron chi connectivity index (χ4n) is 2.50. The molecule has 1 saturated heterocycles. The summed E-state index contributed by atoms with van der Waals surface area (Å²) in [5, 5.41) is 18.1. The van der Waals surface area contributed by atoms with Crippen molar-refractivity contribution in [3.05, 3.63) is 40.3 Å². The zero-order valence-corrected chi connectivity index (χ0v) is 16.0. The lowest BCUT2D eigenvalue weighted by Crippen LogP contribution is -2.44. The molecule has 1 fully saturated rings. The summed E-state index contributed by atoms with van der Waals surface area (Å²) in [7, 11) is 0. The van der Waals surface area contributed by atoms with Gasteiger partial charge in [-0.15, -0.1) is 0 Å². The number of benzene rings is 1. The Balaban J connectivity index is 2.23. The SMILES string of the molecule is CC(C)c1ccc(/C=C2/SC(=S)N([C@@H](CCC(=O)O)C(=O)O)C2=O)cc1. The van der Waals surface area contributed by atoms with Crippen LogP contribution >= 0.6 is 24.0 Å². The molecule has 0 aliphatic carbocycles. The Morgan fingerprint density at radius 2 is 1.85 bits per heavy atom. The number of hydrogen-bond acceptors (Lipinski definition) is 5. The number of nitrogens with zero attached hydrogens (tertiary/aromatic N) is 1. The van der Waals surface area contributed by atoms with E-state index in [1.54, 1.807) is 6.08 Å². The van der Waals surface area contributed by atoms with Crippen molar-refractivity contribution in [1.29, 1.82) is 0 Å². The van der Waals surface area contributed by atoms with E-state index in [0.717, 1.165) is 22.2 Å². The molecule has 2 rings (SSSR count). The van der Waals surface area contributed by atoms with E-state index in [2.05, 4.69) is 13.8 Å². The van der Waals surface area contributed by atoms with Crippen LogP contribution in [0.5, 0.6) is 0 Å². The average molecular weight is 393 g/mol. The minimum absolute atomic E-state index is 0.123. The predicted molar refractivity (Wildman–Crippen MR) is 104 cm³/mol. The maximum Gasteiger partial charge on any atom is 0.326 e. The molecule has 1 aromatic carbocycles. The van der Waals surface area contributed by atoms with E-state index in [-0.39, 0.29) is 17.2 Å². The molecule has 0 bridgehead atoms. The predicted octanol–water partition coefficient (Wildman–Crippen LogP) is 3.33. The molecule has 0 spiro atoms. The summed E-state index contributed by atoms with van der Waals surface area (Å²) in [4.78, 5) is 36.2. The summed E-state index contributed by atoms with van der Waals surface area (Å²) in [6, 6.07) is 6.45. The number of carboxylic acids is 2. The van der Waals surface area contributed by atoms with Crippen molar-refractivity contribution in [3.8, 4) is 0 Å². The molecule has 0 saturated carbocycles. The van der Waals surface area contributed by atoms with Gasteiger partial charge in [0.05, 0.1) is 4.91 Å². The van der Waals surface area contributed by atoms with Gasteiger partial charge >= 0.3 is 11.9 Å². The molecule has 1 aliphatic rings. The lowest BCUT2D eigenvalue weighted by Gasteiger charge is -2.22. The third-order valence-electron chi connectivity index (χ3n) is 3.95. The van der Waals surface area contributed by atoms with Gasteiger partial charge in [-0.1, -0.05) is 62.1 Å². The first-order valence-electron chi connectivity index (χ1n) is 8.02. The molecular weight excluding hydrogens is 374 g/mol. The second-order valence-corrected chi connectivity index (χ2v) is 7.84. The van der Waals surface area contributed by atoms with Crippen LogP contribution in [0.25, 0.3) is 6.08 Å². The largest absolute Gasteiger partial charge is 0.481 e. The van der Waals surface area contributed by atoms with Crippen molar-refractivity contribution >= 4 is 52.2 Å². The van der Waals surface area contributed by atoms with Crippen molar-refractivity contribution < 1.29 is 24.6 Å². The zero-order valence-electron chi connectivity index (χ0n) is 14.3. The first-order chi connectivity index (χ1) is 12.2. The van der Waals surface area contributed by atoms with Gasteiger partial charge in [0, 0.05) is 6.42 Å². The number of carbonyl (C=O) groups is 3. The Bertz CT molecular complexity index is 770. The molecule has 0 radical (unpaired) electrons. The Labute approximate surface area is 160 Å².